The fraction of sp³-hybridized carbons (Fsp3) is 0.600. The van der Waals surface area contributed by atoms with E-state index in [1.54, 1.807) is 0 Å². The summed E-state index contributed by atoms with van der Waals surface area (Å²) in [5.74, 6) is -4.07. The van der Waals surface area contributed by atoms with Crippen LogP contribution in [0.2, 0.25) is 0 Å². The molecular weight excluding hydrogens is 556 g/mol. The summed E-state index contributed by atoms with van der Waals surface area (Å²) >= 11 is 0. The highest BCUT2D eigenvalue weighted by Crippen LogP contribution is 2.37. The molecule has 0 unspecified atom stereocenters. The zero-order valence-corrected chi connectivity index (χ0v) is 24.8. The van der Waals surface area contributed by atoms with E-state index in [2.05, 4.69) is 26.6 Å². The lowest BCUT2D eigenvalue weighted by Gasteiger charge is -2.28. The maximum absolute atomic E-state index is 13.5. The lowest BCUT2D eigenvalue weighted by Crippen LogP contribution is -2.55. The highest BCUT2D eigenvalue weighted by molar-refractivity contribution is 6.22. The van der Waals surface area contributed by atoms with Crippen LogP contribution >= 0.6 is 0 Å². The molecule has 0 aliphatic carbocycles. The molecule has 6 amide bonds. The zero-order chi connectivity index (χ0) is 31.3. The topological polar surface area (TPSA) is 186 Å². The SMILES string of the molecule is CC(C)[C@@H]1NC(=O)[C@]2(C[C@H](CNC(=O)N(Cc3ccccc3)C[C@H]3C[C@@]4(NC3=O)C(=O)N[C@@H](C(C)C)[C@H]4O)C(=O)N2)C1=O. The van der Waals surface area contributed by atoms with E-state index < -0.39 is 70.8 Å². The van der Waals surface area contributed by atoms with Crippen molar-refractivity contribution in [2.45, 2.75) is 76.3 Å². The molecule has 1 aromatic carbocycles. The molecule has 2 spiro atoms. The van der Waals surface area contributed by atoms with Gasteiger partial charge < -0.3 is 36.6 Å². The molecule has 0 radical (unpaired) electrons. The standard InChI is InChI=1S/C30H40N6O7/c1-15(2)20-22(37)29(26(41)32-20)10-18(24(39)34-29)12-31-28(43)36(13-17-8-6-5-7-9-17)14-19-11-30(35-25(19)40)23(38)21(16(3)4)33-27(30)42/h5-9,15-16,18-21,23,38H,10-14H2,1-4H3,(H,31,43)(H,32,41)(H,33,42)(H,34,39)(H,35,40)/t18-,19-,20+,21+,23-,29+,30+/m1/s1. The van der Waals surface area contributed by atoms with Crippen LogP contribution in [0.15, 0.2) is 30.3 Å². The largest absolute Gasteiger partial charge is 0.388 e. The van der Waals surface area contributed by atoms with Crippen molar-refractivity contribution in [3.63, 3.8) is 0 Å². The Bertz CT molecular complexity index is 1340. The molecule has 1 aromatic rings. The second kappa shape index (κ2) is 11.3. The number of carbonyl (C=O) groups excluding carboxylic acids is 6. The summed E-state index contributed by atoms with van der Waals surface area (Å²) in [5, 5.41) is 24.6. The quantitative estimate of drug-likeness (QED) is 0.212. The van der Waals surface area contributed by atoms with Gasteiger partial charge in [-0.25, -0.2) is 4.79 Å². The molecule has 4 aliphatic heterocycles. The van der Waals surface area contributed by atoms with Crippen molar-refractivity contribution in [3.8, 4) is 0 Å². The lowest BCUT2D eigenvalue weighted by molar-refractivity contribution is -0.133. The summed E-state index contributed by atoms with van der Waals surface area (Å²) in [7, 11) is 0. The maximum atomic E-state index is 13.5. The smallest absolute Gasteiger partial charge is 0.317 e. The first kappa shape index (κ1) is 30.5. The van der Waals surface area contributed by atoms with Crippen LogP contribution in [-0.2, 0) is 30.5 Å². The van der Waals surface area contributed by atoms with E-state index in [0.717, 1.165) is 5.56 Å². The van der Waals surface area contributed by atoms with Gasteiger partial charge >= 0.3 is 6.03 Å². The van der Waals surface area contributed by atoms with Crippen LogP contribution in [0, 0.1) is 23.7 Å². The number of Topliss-reactive ketones (excluding diaryl/α,β-unsaturated/α-hetero) is 1. The first-order valence-corrected chi connectivity index (χ1v) is 14.8. The van der Waals surface area contributed by atoms with Crippen molar-refractivity contribution in [3.05, 3.63) is 35.9 Å². The molecular formula is C30H40N6O7. The Labute approximate surface area is 249 Å². The van der Waals surface area contributed by atoms with E-state index in [9.17, 15) is 33.9 Å². The van der Waals surface area contributed by atoms with Crippen LogP contribution in [0.3, 0.4) is 0 Å². The molecule has 0 aromatic heterocycles. The summed E-state index contributed by atoms with van der Waals surface area (Å²) in [6.07, 6.45) is -1.18. The average molecular weight is 597 g/mol. The van der Waals surface area contributed by atoms with Gasteiger partial charge in [0.2, 0.25) is 17.7 Å². The fourth-order valence-electron chi connectivity index (χ4n) is 6.77. The van der Waals surface area contributed by atoms with E-state index in [1.165, 1.54) is 4.90 Å². The number of nitrogens with one attached hydrogen (secondary N) is 5. The third-order valence-corrected chi connectivity index (χ3v) is 9.30. The summed E-state index contributed by atoms with van der Waals surface area (Å²) in [6.45, 7) is 7.35. The molecule has 4 aliphatic rings. The first-order chi connectivity index (χ1) is 20.3. The summed E-state index contributed by atoms with van der Waals surface area (Å²) in [4.78, 5) is 79.8. The van der Waals surface area contributed by atoms with Gasteiger partial charge in [0.25, 0.3) is 5.91 Å². The van der Waals surface area contributed by atoms with Gasteiger partial charge in [0.15, 0.2) is 11.3 Å². The van der Waals surface area contributed by atoms with Gasteiger partial charge in [-0.1, -0.05) is 58.0 Å². The summed E-state index contributed by atoms with van der Waals surface area (Å²) in [6, 6.07) is 7.40. The Morgan fingerprint density at radius 1 is 0.930 bits per heavy atom. The van der Waals surface area contributed by atoms with Crippen LogP contribution in [0.25, 0.3) is 0 Å². The van der Waals surface area contributed by atoms with Crippen LogP contribution in [0.1, 0.15) is 46.1 Å². The Hall–Kier alpha value is -4.00. The number of urea groups is 1. The highest BCUT2D eigenvalue weighted by Gasteiger charge is 2.62. The molecule has 5 rings (SSSR count). The Morgan fingerprint density at radius 2 is 1.60 bits per heavy atom. The molecule has 6 N–H and O–H groups in total. The number of hydrogen-bond acceptors (Lipinski definition) is 7. The highest BCUT2D eigenvalue weighted by atomic mass is 16.3. The predicted molar refractivity (Wildman–Crippen MR) is 153 cm³/mol. The molecule has 4 heterocycles. The molecule has 4 saturated heterocycles. The first-order valence-electron chi connectivity index (χ1n) is 14.8. The zero-order valence-electron chi connectivity index (χ0n) is 24.8. The Balaban J connectivity index is 1.29. The third kappa shape index (κ3) is 5.23. The van der Waals surface area contributed by atoms with Crippen molar-refractivity contribution >= 4 is 35.4 Å². The van der Waals surface area contributed by atoms with Crippen LogP contribution < -0.4 is 26.6 Å². The summed E-state index contributed by atoms with van der Waals surface area (Å²) < 4.78 is 0. The van der Waals surface area contributed by atoms with Crippen molar-refractivity contribution in [2.24, 2.45) is 23.7 Å². The number of hydrogen-bond donors (Lipinski definition) is 6. The minimum atomic E-state index is -1.64. The molecule has 43 heavy (non-hydrogen) atoms. The minimum Gasteiger partial charge on any atom is -0.388 e. The van der Waals surface area contributed by atoms with E-state index in [-0.39, 0.29) is 50.1 Å². The van der Waals surface area contributed by atoms with Gasteiger partial charge in [0.05, 0.1) is 23.9 Å². The van der Waals surface area contributed by atoms with Crippen LogP contribution in [0.5, 0.6) is 0 Å². The van der Waals surface area contributed by atoms with Crippen molar-refractivity contribution in [1.82, 2.24) is 31.5 Å². The number of amides is 6. The van der Waals surface area contributed by atoms with Gasteiger partial charge in [-0.15, -0.1) is 0 Å². The van der Waals surface area contributed by atoms with Gasteiger partial charge in [0.1, 0.15) is 11.6 Å². The van der Waals surface area contributed by atoms with Crippen LogP contribution in [0.4, 0.5) is 4.79 Å². The number of rotatable bonds is 8. The number of ketones is 1. The Morgan fingerprint density at radius 3 is 2.21 bits per heavy atom. The Kier molecular flexibility index (Phi) is 7.97. The maximum Gasteiger partial charge on any atom is 0.317 e. The molecule has 13 heteroatoms. The van der Waals surface area contributed by atoms with E-state index >= 15 is 0 Å². The van der Waals surface area contributed by atoms with Crippen LogP contribution in [-0.4, -0.2) is 87.8 Å². The second-order valence-electron chi connectivity index (χ2n) is 13.0. The number of aliphatic hydroxyl groups excluding tert-OH is 1. The van der Waals surface area contributed by atoms with E-state index in [1.807, 2.05) is 58.0 Å². The molecule has 0 saturated carbocycles. The normalized spacial score (nSPS) is 33.4. The van der Waals surface area contributed by atoms with Crippen molar-refractivity contribution in [2.75, 3.05) is 13.1 Å². The van der Waals surface area contributed by atoms with Gasteiger partial charge in [-0.05, 0) is 23.8 Å². The molecule has 13 nitrogen and oxygen atoms in total. The average Bonchev–Trinajstić information content (AvgIpc) is 3.63. The molecule has 4 fully saturated rings. The number of benzene rings is 1. The fourth-order valence-corrected chi connectivity index (χ4v) is 6.77. The number of aliphatic hydroxyl groups is 1. The van der Waals surface area contributed by atoms with Gasteiger partial charge in [-0.3, -0.25) is 24.0 Å². The third-order valence-electron chi connectivity index (χ3n) is 9.30. The van der Waals surface area contributed by atoms with E-state index in [0.29, 0.717) is 0 Å². The monoisotopic (exact) mass is 596 g/mol. The second-order valence-corrected chi connectivity index (χ2v) is 13.0. The minimum absolute atomic E-state index is 0.0163. The number of carbonyl (C=O) groups is 6. The number of nitrogens with zero attached hydrogens (tertiary/aromatic N) is 1. The lowest BCUT2D eigenvalue weighted by atomic mass is 9.84. The summed E-state index contributed by atoms with van der Waals surface area (Å²) in [5.41, 5.74) is -2.31. The van der Waals surface area contributed by atoms with E-state index in [4.69, 9.17) is 0 Å². The molecule has 0 bridgehead atoms. The van der Waals surface area contributed by atoms with Gasteiger partial charge in [-0.2, -0.15) is 0 Å². The molecule has 7 atom stereocenters. The van der Waals surface area contributed by atoms with Gasteiger partial charge in [0, 0.05) is 26.1 Å². The molecule has 232 valence electrons. The predicted octanol–water partition coefficient (Wildman–Crippen LogP) is -0.813. The van der Waals surface area contributed by atoms with Crippen molar-refractivity contribution < 1.29 is 33.9 Å². The van der Waals surface area contributed by atoms with Crippen molar-refractivity contribution in [1.29, 1.82) is 0 Å².